The number of benzene rings is 1. The second-order valence-corrected chi connectivity index (χ2v) is 6.67. The van der Waals surface area contributed by atoms with Gasteiger partial charge in [-0.15, -0.1) is 0 Å². The van der Waals surface area contributed by atoms with Crippen LogP contribution in [0.4, 0.5) is 5.69 Å². The maximum atomic E-state index is 12.0. The Balaban J connectivity index is 1.98. The number of amides is 2. The molecule has 0 aliphatic carbocycles. The molecule has 0 spiro atoms. The smallest absolute Gasteiger partial charge is 0.339 e. The fraction of sp³-hybridized carbons (Fsp3) is 0.368. The van der Waals surface area contributed by atoms with Gasteiger partial charge in [0.15, 0.2) is 0 Å². The van der Waals surface area contributed by atoms with Gasteiger partial charge in [-0.25, -0.2) is 9.48 Å². The number of nitrogens with zero attached hydrogens (tertiary/aromatic N) is 2. The van der Waals surface area contributed by atoms with Gasteiger partial charge in [0, 0.05) is 12.1 Å². The number of aromatic nitrogens is 2. The van der Waals surface area contributed by atoms with Crippen molar-refractivity contribution in [2.75, 3.05) is 11.9 Å². The molecule has 0 aliphatic heterocycles. The minimum Gasteiger partial charge on any atom is -0.478 e. The molecule has 8 nitrogen and oxygen atoms in total. The number of nitrogens with one attached hydrogen (secondary N) is 2. The van der Waals surface area contributed by atoms with Gasteiger partial charge >= 0.3 is 5.97 Å². The number of hydrogen-bond donors (Lipinski definition) is 3. The highest BCUT2D eigenvalue weighted by molar-refractivity contribution is 5.94. The molecule has 8 heteroatoms. The van der Waals surface area contributed by atoms with E-state index in [0.29, 0.717) is 29.4 Å². The van der Waals surface area contributed by atoms with E-state index in [2.05, 4.69) is 15.7 Å². The van der Waals surface area contributed by atoms with Crippen molar-refractivity contribution >= 4 is 23.5 Å². The first kappa shape index (κ1) is 20.2. The van der Waals surface area contributed by atoms with E-state index in [-0.39, 0.29) is 23.9 Å². The summed E-state index contributed by atoms with van der Waals surface area (Å²) in [5.41, 5.74) is 1.76. The van der Waals surface area contributed by atoms with Crippen molar-refractivity contribution in [3.8, 4) is 5.69 Å². The molecule has 1 aromatic carbocycles. The van der Waals surface area contributed by atoms with Gasteiger partial charge in [-0.3, -0.25) is 9.59 Å². The molecule has 1 heterocycles. The van der Waals surface area contributed by atoms with E-state index < -0.39 is 5.97 Å². The Morgan fingerprint density at radius 2 is 1.96 bits per heavy atom. The van der Waals surface area contributed by atoms with Crippen molar-refractivity contribution in [3.05, 3.63) is 41.7 Å². The number of carbonyl (C=O) groups excluding carboxylic acids is 2. The molecular weight excluding hydrogens is 348 g/mol. The number of rotatable bonds is 8. The largest absolute Gasteiger partial charge is 0.478 e. The maximum Gasteiger partial charge on any atom is 0.339 e. The van der Waals surface area contributed by atoms with Crippen molar-refractivity contribution in [2.45, 2.75) is 33.6 Å². The van der Waals surface area contributed by atoms with Gasteiger partial charge < -0.3 is 15.7 Å². The van der Waals surface area contributed by atoms with Crippen molar-refractivity contribution in [1.82, 2.24) is 15.1 Å². The Hall–Kier alpha value is -3.16. The average molecular weight is 372 g/mol. The summed E-state index contributed by atoms with van der Waals surface area (Å²) < 4.78 is 1.49. The summed E-state index contributed by atoms with van der Waals surface area (Å²) in [4.78, 5) is 34.9. The van der Waals surface area contributed by atoms with Crippen molar-refractivity contribution in [2.24, 2.45) is 5.92 Å². The molecule has 0 bridgehead atoms. The van der Waals surface area contributed by atoms with E-state index in [4.69, 9.17) is 5.11 Å². The Morgan fingerprint density at radius 1 is 1.22 bits per heavy atom. The lowest BCUT2D eigenvalue weighted by Gasteiger charge is -2.10. The fourth-order valence-corrected chi connectivity index (χ4v) is 2.49. The van der Waals surface area contributed by atoms with E-state index in [0.717, 1.165) is 6.42 Å². The van der Waals surface area contributed by atoms with Gasteiger partial charge in [-0.05, 0) is 37.5 Å². The number of aromatic carboxylic acids is 1. The Kier molecular flexibility index (Phi) is 6.70. The van der Waals surface area contributed by atoms with Crippen LogP contribution in [0.3, 0.4) is 0 Å². The first-order valence-electron chi connectivity index (χ1n) is 8.73. The maximum absolute atomic E-state index is 12.0. The molecule has 0 fully saturated rings. The van der Waals surface area contributed by atoms with Crippen LogP contribution in [0.15, 0.2) is 30.5 Å². The zero-order valence-corrected chi connectivity index (χ0v) is 15.7. The van der Waals surface area contributed by atoms with Crippen LogP contribution >= 0.6 is 0 Å². The van der Waals surface area contributed by atoms with Crippen molar-refractivity contribution < 1.29 is 19.5 Å². The number of carbonyl (C=O) groups is 3. The van der Waals surface area contributed by atoms with Crippen LogP contribution in [0.25, 0.3) is 5.69 Å². The predicted octanol–water partition coefficient (Wildman–Crippen LogP) is 2.37. The highest BCUT2D eigenvalue weighted by Gasteiger charge is 2.14. The first-order chi connectivity index (χ1) is 12.8. The fourth-order valence-electron chi connectivity index (χ4n) is 2.49. The van der Waals surface area contributed by atoms with Crippen LogP contribution in [0, 0.1) is 12.8 Å². The number of anilines is 1. The number of hydrogen-bond acceptors (Lipinski definition) is 4. The third-order valence-electron chi connectivity index (χ3n) is 4.01. The third-order valence-corrected chi connectivity index (χ3v) is 4.01. The molecule has 0 unspecified atom stereocenters. The first-order valence-corrected chi connectivity index (χ1v) is 8.73. The van der Waals surface area contributed by atoms with E-state index in [9.17, 15) is 14.4 Å². The molecule has 1 aromatic heterocycles. The molecule has 2 aromatic rings. The lowest BCUT2D eigenvalue weighted by atomic mass is 10.1. The second kappa shape index (κ2) is 8.98. The molecule has 0 atom stereocenters. The zero-order chi connectivity index (χ0) is 20.0. The zero-order valence-electron chi connectivity index (χ0n) is 15.7. The summed E-state index contributed by atoms with van der Waals surface area (Å²) in [6.07, 6.45) is 2.46. The molecule has 2 amide bonds. The standard InChI is InChI=1S/C19H24N4O4/c1-12(2)7-8-17(24)20-11-18(25)22-14-5-4-6-15(9-14)23-13(3)16(10-21-23)19(26)27/h4-6,9-10,12H,7-8,11H2,1-3H3,(H,20,24)(H,22,25)(H,26,27). The van der Waals surface area contributed by atoms with Crippen LogP contribution in [-0.2, 0) is 9.59 Å². The average Bonchev–Trinajstić information content (AvgIpc) is 3.00. The molecule has 2 rings (SSSR count). The lowest BCUT2D eigenvalue weighted by molar-refractivity contribution is -0.124. The predicted molar refractivity (Wildman–Crippen MR) is 101 cm³/mol. The van der Waals surface area contributed by atoms with Crippen LogP contribution in [0.5, 0.6) is 0 Å². The Bertz CT molecular complexity index is 842. The van der Waals surface area contributed by atoms with Gasteiger partial charge in [0.25, 0.3) is 0 Å². The summed E-state index contributed by atoms with van der Waals surface area (Å²) in [5.74, 6) is -1.11. The van der Waals surface area contributed by atoms with Crippen molar-refractivity contribution in [3.63, 3.8) is 0 Å². The normalized spacial score (nSPS) is 10.7. The monoisotopic (exact) mass is 372 g/mol. The van der Waals surface area contributed by atoms with Gasteiger partial charge in [-0.1, -0.05) is 19.9 Å². The van der Waals surface area contributed by atoms with Gasteiger partial charge in [-0.2, -0.15) is 5.10 Å². The quantitative estimate of drug-likeness (QED) is 0.658. The summed E-state index contributed by atoms with van der Waals surface area (Å²) >= 11 is 0. The number of carboxylic acids is 1. The second-order valence-electron chi connectivity index (χ2n) is 6.67. The van der Waals surface area contributed by atoms with Gasteiger partial charge in [0.1, 0.15) is 5.56 Å². The molecule has 0 aliphatic rings. The molecular formula is C19H24N4O4. The summed E-state index contributed by atoms with van der Waals surface area (Å²) in [6.45, 7) is 5.63. The highest BCUT2D eigenvalue weighted by Crippen LogP contribution is 2.18. The highest BCUT2D eigenvalue weighted by atomic mass is 16.4. The minimum absolute atomic E-state index is 0.106. The minimum atomic E-state index is -1.04. The van der Waals surface area contributed by atoms with Crippen molar-refractivity contribution in [1.29, 1.82) is 0 Å². The van der Waals surface area contributed by atoms with Crippen LogP contribution in [0.1, 0.15) is 42.7 Å². The molecule has 27 heavy (non-hydrogen) atoms. The molecule has 0 saturated heterocycles. The van der Waals surface area contributed by atoms with Crippen LogP contribution in [-0.4, -0.2) is 39.2 Å². The van der Waals surface area contributed by atoms with Crippen LogP contribution in [0.2, 0.25) is 0 Å². The van der Waals surface area contributed by atoms with E-state index in [1.807, 2.05) is 13.8 Å². The Morgan fingerprint density at radius 3 is 2.59 bits per heavy atom. The number of carboxylic acid groups (broad SMARTS) is 1. The third kappa shape index (κ3) is 5.67. The summed E-state index contributed by atoms with van der Waals surface area (Å²) in [7, 11) is 0. The van der Waals surface area contributed by atoms with E-state index in [1.165, 1.54) is 10.9 Å². The topological polar surface area (TPSA) is 113 Å². The lowest BCUT2D eigenvalue weighted by Crippen LogP contribution is -2.32. The van der Waals surface area contributed by atoms with Crippen LogP contribution < -0.4 is 10.6 Å². The Labute approximate surface area is 157 Å². The SMILES string of the molecule is Cc1c(C(=O)O)cnn1-c1cccc(NC(=O)CNC(=O)CCC(C)C)c1. The van der Waals surface area contributed by atoms with Gasteiger partial charge in [0.05, 0.1) is 24.1 Å². The van der Waals surface area contributed by atoms with E-state index >= 15 is 0 Å². The van der Waals surface area contributed by atoms with Gasteiger partial charge in [0.2, 0.25) is 11.8 Å². The molecule has 0 radical (unpaired) electrons. The van der Waals surface area contributed by atoms with E-state index in [1.54, 1.807) is 31.2 Å². The summed E-state index contributed by atoms with van der Waals surface area (Å²) in [6, 6.07) is 6.88. The molecule has 0 saturated carbocycles. The molecule has 3 N–H and O–H groups in total. The summed E-state index contributed by atoms with van der Waals surface area (Å²) in [5, 5.41) is 18.5. The molecule has 144 valence electrons.